The summed E-state index contributed by atoms with van der Waals surface area (Å²) in [6, 6.07) is 6.55. The van der Waals surface area contributed by atoms with Crippen LogP contribution < -0.4 is 10.6 Å². The van der Waals surface area contributed by atoms with E-state index in [1.807, 2.05) is 0 Å². The summed E-state index contributed by atoms with van der Waals surface area (Å²) in [4.78, 5) is 10.6. The van der Waals surface area contributed by atoms with Gasteiger partial charge in [-0.25, -0.2) is 9.97 Å². The van der Waals surface area contributed by atoms with Gasteiger partial charge in [-0.05, 0) is 47.3 Å². The molecule has 2 heterocycles. The molecule has 4 nitrogen and oxygen atoms in total. The van der Waals surface area contributed by atoms with E-state index in [1.54, 1.807) is 0 Å². The van der Waals surface area contributed by atoms with E-state index in [2.05, 4.69) is 55.9 Å². The van der Waals surface area contributed by atoms with Gasteiger partial charge in [0, 0.05) is 12.2 Å². The molecule has 1 aliphatic rings. The van der Waals surface area contributed by atoms with Crippen molar-refractivity contribution in [3.05, 3.63) is 40.1 Å². The van der Waals surface area contributed by atoms with Crippen molar-refractivity contribution in [2.75, 3.05) is 17.2 Å². The Morgan fingerprint density at radius 3 is 3.00 bits per heavy atom. The predicted octanol–water partition coefficient (Wildman–Crippen LogP) is 3.21. The molecule has 5 heteroatoms. The zero-order valence-electron chi connectivity index (χ0n) is 10.7. The number of nitrogens with two attached hydrogens (primary N) is 1. The molecule has 1 aliphatic heterocycles. The Hall–Kier alpha value is -1.62. The quantitative estimate of drug-likeness (QED) is 0.877. The van der Waals surface area contributed by atoms with Crippen molar-refractivity contribution in [2.24, 2.45) is 0 Å². The van der Waals surface area contributed by atoms with Gasteiger partial charge in [0.2, 0.25) is 0 Å². The fourth-order valence-corrected chi connectivity index (χ4v) is 2.93. The zero-order valence-corrected chi connectivity index (χ0v) is 12.3. The van der Waals surface area contributed by atoms with Crippen LogP contribution in [0.3, 0.4) is 0 Å². The Balaban J connectivity index is 2.11. The molecule has 0 spiro atoms. The van der Waals surface area contributed by atoms with Crippen LogP contribution >= 0.6 is 15.9 Å². The van der Waals surface area contributed by atoms with Gasteiger partial charge in [0.15, 0.2) is 5.82 Å². The summed E-state index contributed by atoms with van der Waals surface area (Å²) in [5, 5.41) is 0. The van der Waals surface area contributed by atoms with Crippen LogP contribution in [-0.4, -0.2) is 16.5 Å². The van der Waals surface area contributed by atoms with Crippen LogP contribution in [0.5, 0.6) is 0 Å². The molecule has 19 heavy (non-hydrogen) atoms. The number of hydrogen-bond donors (Lipinski definition) is 1. The Labute approximate surface area is 120 Å². The van der Waals surface area contributed by atoms with E-state index in [4.69, 9.17) is 5.73 Å². The van der Waals surface area contributed by atoms with E-state index in [0.717, 1.165) is 29.7 Å². The molecule has 0 unspecified atom stereocenters. The van der Waals surface area contributed by atoms with Crippen molar-refractivity contribution in [2.45, 2.75) is 19.8 Å². The van der Waals surface area contributed by atoms with Gasteiger partial charge in [-0.3, -0.25) is 0 Å². The van der Waals surface area contributed by atoms with Gasteiger partial charge >= 0.3 is 0 Å². The minimum absolute atomic E-state index is 0.476. The van der Waals surface area contributed by atoms with E-state index in [-0.39, 0.29) is 0 Å². The second-order valence-electron chi connectivity index (χ2n) is 4.78. The Morgan fingerprint density at radius 1 is 1.32 bits per heavy atom. The Morgan fingerprint density at radius 2 is 2.16 bits per heavy atom. The number of rotatable bonds is 1. The lowest BCUT2D eigenvalue weighted by atomic mass is 9.99. The first-order valence-electron chi connectivity index (χ1n) is 6.30. The molecule has 3 rings (SSSR count). The topological polar surface area (TPSA) is 55.0 Å². The number of halogens is 1. The molecular weight excluding hydrogens is 304 g/mol. The summed E-state index contributed by atoms with van der Waals surface area (Å²) in [6.45, 7) is 3.07. The summed E-state index contributed by atoms with van der Waals surface area (Å²) in [5.74, 6) is 1.32. The maximum absolute atomic E-state index is 5.85. The standard InChI is InChI=1S/C14H15BrN4/c1-9-4-5-11-10(7-9)3-2-6-19(11)14-12(15)13(16)17-8-18-14/h4-5,7-8H,2-3,6H2,1H3,(H2,16,17,18). The molecule has 0 bridgehead atoms. The summed E-state index contributed by atoms with van der Waals surface area (Å²) < 4.78 is 0.767. The largest absolute Gasteiger partial charge is 0.383 e. The SMILES string of the molecule is Cc1ccc2c(c1)CCCN2c1ncnc(N)c1Br. The maximum atomic E-state index is 5.85. The number of benzene rings is 1. The van der Waals surface area contributed by atoms with Gasteiger partial charge in [0.25, 0.3) is 0 Å². The van der Waals surface area contributed by atoms with Crippen LogP contribution in [0, 0.1) is 6.92 Å². The monoisotopic (exact) mass is 318 g/mol. The fraction of sp³-hybridized carbons (Fsp3) is 0.286. The van der Waals surface area contributed by atoms with Gasteiger partial charge < -0.3 is 10.6 Å². The van der Waals surface area contributed by atoms with Gasteiger partial charge in [-0.1, -0.05) is 17.7 Å². The summed E-state index contributed by atoms with van der Waals surface area (Å²) in [7, 11) is 0. The van der Waals surface area contributed by atoms with E-state index in [1.165, 1.54) is 23.1 Å². The number of anilines is 3. The minimum atomic E-state index is 0.476. The number of aromatic nitrogens is 2. The first-order valence-corrected chi connectivity index (χ1v) is 7.09. The molecule has 0 saturated heterocycles. The van der Waals surface area contributed by atoms with Crippen LogP contribution in [0.4, 0.5) is 17.3 Å². The smallest absolute Gasteiger partial charge is 0.152 e. The van der Waals surface area contributed by atoms with E-state index in [9.17, 15) is 0 Å². The normalized spacial score (nSPS) is 14.3. The average Bonchev–Trinajstić information content (AvgIpc) is 2.41. The Kier molecular flexibility index (Phi) is 3.14. The zero-order chi connectivity index (χ0) is 13.4. The highest BCUT2D eigenvalue weighted by molar-refractivity contribution is 9.10. The summed E-state index contributed by atoms with van der Waals surface area (Å²) >= 11 is 3.49. The average molecular weight is 319 g/mol. The van der Waals surface area contributed by atoms with Crippen LogP contribution in [0.1, 0.15) is 17.5 Å². The third-order valence-electron chi connectivity index (χ3n) is 3.41. The molecule has 0 amide bonds. The second kappa shape index (κ2) is 4.81. The summed E-state index contributed by atoms with van der Waals surface area (Å²) in [5.41, 5.74) is 9.73. The van der Waals surface area contributed by atoms with Crippen molar-refractivity contribution in [3.8, 4) is 0 Å². The lowest BCUT2D eigenvalue weighted by Gasteiger charge is -2.31. The van der Waals surface area contributed by atoms with Gasteiger partial charge in [-0.15, -0.1) is 0 Å². The lowest BCUT2D eigenvalue weighted by molar-refractivity contribution is 0.756. The van der Waals surface area contributed by atoms with Gasteiger partial charge in [0.1, 0.15) is 16.6 Å². The van der Waals surface area contributed by atoms with Crippen molar-refractivity contribution in [1.82, 2.24) is 9.97 Å². The van der Waals surface area contributed by atoms with Crippen molar-refractivity contribution >= 4 is 33.3 Å². The van der Waals surface area contributed by atoms with Crippen molar-refractivity contribution in [3.63, 3.8) is 0 Å². The van der Waals surface area contributed by atoms with Crippen LogP contribution in [0.25, 0.3) is 0 Å². The van der Waals surface area contributed by atoms with E-state index in [0.29, 0.717) is 5.82 Å². The molecule has 0 atom stereocenters. The third-order valence-corrected chi connectivity index (χ3v) is 4.17. The van der Waals surface area contributed by atoms with E-state index < -0.39 is 0 Å². The molecule has 1 aromatic carbocycles. The number of aryl methyl sites for hydroxylation is 2. The molecule has 0 aliphatic carbocycles. The summed E-state index contributed by atoms with van der Waals surface area (Å²) in [6.07, 6.45) is 3.75. The highest BCUT2D eigenvalue weighted by atomic mass is 79.9. The maximum Gasteiger partial charge on any atom is 0.152 e. The van der Waals surface area contributed by atoms with Crippen LogP contribution in [-0.2, 0) is 6.42 Å². The fourth-order valence-electron chi connectivity index (χ4n) is 2.51. The number of nitrogens with zero attached hydrogens (tertiary/aromatic N) is 3. The van der Waals surface area contributed by atoms with Crippen LogP contribution in [0.15, 0.2) is 29.0 Å². The Bertz CT molecular complexity index is 627. The second-order valence-corrected chi connectivity index (χ2v) is 5.58. The molecule has 0 fully saturated rings. The molecule has 98 valence electrons. The molecular formula is C14H15BrN4. The van der Waals surface area contributed by atoms with Gasteiger partial charge in [-0.2, -0.15) is 0 Å². The minimum Gasteiger partial charge on any atom is -0.383 e. The molecule has 2 aromatic rings. The highest BCUT2D eigenvalue weighted by Crippen LogP contribution is 2.37. The first kappa shape index (κ1) is 12.4. The number of nitrogen functional groups attached to an aromatic ring is 1. The van der Waals surface area contributed by atoms with E-state index >= 15 is 0 Å². The predicted molar refractivity (Wildman–Crippen MR) is 80.7 cm³/mol. The van der Waals surface area contributed by atoms with Crippen molar-refractivity contribution in [1.29, 1.82) is 0 Å². The number of hydrogen-bond acceptors (Lipinski definition) is 4. The van der Waals surface area contributed by atoms with Crippen molar-refractivity contribution < 1.29 is 0 Å². The molecule has 1 aromatic heterocycles. The number of fused-ring (bicyclic) bond motifs is 1. The first-order chi connectivity index (χ1) is 9.16. The lowest BCUT2D eigenvalue weighted by Crippen LogP contribution is -2.26. The van der Waals surface area contributed by atoms with Crippen LogP contribution in [0.2, 0.25) is 0 Å². The molecule has 0 saturated carbocycles. The third kappa shape index (κ3) is 2.18. The highest BCUT2D eigenvalue weighted by Gasteiger charge is 2.22. The molecule has 0 radical (unpaired) electrons. The molecule has 2 N–H and O–H groups in total. The van der Waals surface area contributed by atoms with Gasteiger partial charge in [0.05, 0.1) is 0 Å².